The summed E-state index contributed by atoms with van der Waals surface area (Å²) < 4.78 is 0. The van der Waals surface area contributed by atoms with Gasteiger partial charge in [0.25, 0.3) is 5.69 Å². The fourth-order valence-electron chi connectivity index (χ4n) is 1.87. The van der Waals surface area contributed by atoms with Crippen LogP contribution in [-0.2, 0) is 0 Å². The summed E-state index contributed by atoms with van der Waals surface area (Å²) >= 11 is 0. The monoisotopic (exact) mass is 273 g/mol. The molecule has 0 fully saturated rings. The van der Waals surface area contributed by atoms with Crippen LogP contribution < -0.4 is 4.90 Å². The van der Waals surface area contributed by atoms with Gasteiger partial charge < -0.3 is 10.0 Å². The molecule has 104 valence electrons. The average molecular weight is 273 g/mol. The van der Waals surface area contributed by atoms with E-state index in [1.54, 1.807) is 30.1 Å². The summed E-state index contributed by atoms with van der Waals surface area (Å²) in [5, 5.41) is 20.1. The van der Waals surface area contributed by atoms with Crippen LogP contribution in [0.3, 0.4) is 0 Å². The molecule has 0 saturated carbocycles. The first kappa shape index (κ1) is 14.0. The highest BCUT2D eigenvalue weighted by atomic mass is 16.6. The van der Waals surface area contributed by atoms with Gasteiger partial charge in [-0.2, -0.15) is 0 Å². The maximum absolute atomic E-state index is 11.1. The zero-order chi connectivity index (χ0) is 14.5. The number of likely N-dealkylation sites (N-methyl/N-ethyl adjacent to an activating group) is 1. The van der Waals surface area contributed by atoms with Crippen LogP contribution >= 0.6 is 0 Å². The van der Waals surface area contributed by atoms with E-state index in [-0.39, 0.29) is 12.3 Å². The van der Waals surface area contributed by atoms with E-state index in [1.165, 1.54) is 6.07 Å². The first-order valence-corrected chi connectivity index (χ1v) is 6.16. The number of anilines is 1. The second-order valence-electron chi connectivity index (χ2n) is 4.31. The summed E-state index contributed by atoms with van der Waals surface area (Å²) in [7, 11) is 1.78. The smallest absolute Gasteiger partial charge is 0.295 e. The van der Waals surface area contributed by atoms with E-state index in [0.29, 0.717) is 23.6 Å². The molecule has 0 unspecified atom stereocenters. The van der Waals surface area contributed by atoms with E-state index < -0.39 is 4.92 Å². The minimum atomic E-state index is -0.439. The molecular formula is C14H15N3O3. The molecule has 0 atom stereocenters. The van der Waals surface area contributed by atoms with Crippen LogP contribution in [0, 0.1) is 10.1 Å². The minimum Gasteiger partial charge on any atom is -0.395 e. The number of hydrogen-bond acceptors (Lipinski definition) is 5. The van der Waals surface area contributed by atoms with Crippen LogP contribution in [0.4, 0.5) is 11.5 Å². The summed E-state index contributed by atoms with van der Waals surface area (Å²) in [4.78, 5) is 16.8. The van der Waals surface area contributed by atoms with E-state index >= 15 is 0 Å². The molecule has 1 aromatic heterocycles. The summed E-state index contributed by atoms with van der Waals surface area (Å²) in [5.41, 5.74) is 0.994. The summed E-state index contributed by atoms with van der Waals surface area (Å²) in [6.45, 7) is 0.412. The van der Waals surface area contributed by atoms with Crippen LogP contribution in [-0.4, -0.2) is 35.2 Å². The topological polar surface area (TPSA) is 79.5 Å². The highest BCUT2D eigenvalue weighted by Crippen LogP contribution is 2.29. The maximum atomic E-state index is 11.1. The predicted molar refractivity (Wildman–Crippen MR) is 76.7 cm³/mol. The molecule has 0 bridgehead atoms. The van der Waals surface area contributed by atoms with E-state index in [0.717, 1.165) is 0 Å². The van der Waals surface area contributed by atoms with Crippen molar-refractivity contribution in [1.82, 2.24) is 4.98 Å². The van der Waals surface area contributed by atoms with Crippen molar-refractivity contribution in [2.75, 3.05) is 25.1 Å². The van der Waals surface area contributed by atoms with Gasteiger partial charge in [0, 0.05) is 25.2 Å². The summed E-state index contributed by atoms with van der Waals surface area (Å²) in [6, 6.07) is 12.1. The van der Waals surface area contributed by atoms with Gasteiger partial charge in [-0.1, -0.05) is 30.3 Å². The summed E-state index contributed by atoms with van der Waals surface area (Å²) in [5.74, 6) is 0.587. The Balaban J connectivity index is 2.51. The average Bonchev–Trinajstić information content (AvgIpc) is 2.47. The molecular weight excluding hydrogens is 258 g/mol. The lowest BCUT2D eigenvalue weighted by Gasteiger charge is -2.17. The lowest BCUT2D eigenvalue weighted by atomic mass is 10.1. The first-order chi connectivity index (χ1) is 9.63. The van der Waals surface area contributed by atoms with E-state index in [2.05, 4.69) is 4.98 Å². The van der Waals surface area contributed by atoms with Gasteiger partial charge in [-0.25, -0.2) is 4.98 Å². The molecule has 0 aliphatic rings. The Labute approximate surface area is 116 Å². The number of rotatable bonds is 5. The molecule has 6 nitrogen and oxygen atoms in total. The first-order valence-electron chi connectivity index (χ1n) is 6.16. The Morgan fingerprint density at radius 3 is 2.55 bits per heavy atom. The largest absolute Gasteiger partial charge is 0.395 e. The molecule has 0 saturated heterocycles. The molecule has 20 heavy (non-hydrogen) atoms. The number of aliphatic hydroxyl groups excluding tert-OH is 1. The Morgan fingerprint density at radius 2 is 1.95 bits per heavy atom. The Hall–Kier alpha value is -2.47. The van der Waals surface area contributed by atoms with Crippen LogP contribution in [0.2, 0.25) is 0 Å². The Kier molecular flexibility index (Phi) is 4.27. The third-order valence-corrected chi connectivity index (χ3v) is 2.93. The van der Waals surface area contributed by atoms with Gasteiger partial charge in [0.2, 0.25) is 0 Å². The molecule has 1 aromatic carbocycles. The Bertz CT molecular complexity index is 602. The van der Waals surface area contributed by atoms with E-state index in [1.807, 2.05) is 18.2 Å². The van der Waals surface area contributed by atoms with Crippen molar-refractivity contribution >= 4 is 11.5 Å². The second kappa shape index (κ2) is 6.12. The zero-order valence-electron chi connectivity index (χ0n) is 11.1. The predicted octanol–water partition coefficient (Wildman–Crippen LogP) is 2.09. The fraction of sp³-hybridized carbons (Fsp3) is 0.214. The normalized spacial score (nSPS) is 10.3. The SMILES string of the molecule is CN(CCO)c1ccc([N+](=O)[O-])c(-c2ccccc2)n1. The van der Waals surface area contributed by atoms with Gasteiger partial charge >= 0.3 is 0 Å². The Morgan fingerprint density at radius 1 is 1.25 bits per heavy atom. The molecule has 0 radical (unpaired) electrons. The number of benzene rings is 1. The fourth-order valence-corrected chi connectivity index (χ4v) is 1.87. The number of nitro groups is 1. The van der Waals surface area contributed by atoms with Gasteiger partial charge in [-0.3, -0.25) is 10.1 Å². The van der Waals surface area contributed by atoms with Crippen LogP contribution in [0.15, 0.2) is 42.5 Å². The minimum absolute atomic E-state index is 0.00413. The number of aromatic nitrogens is 1. The highest BCUT2D eigenvalue weighted by Gasteiger charge is 2.18. The summed E-state index contributed by atoms with van der Waals surface area (Å²) in [6.07, 6.45) is 0. The molecule has 0 amide bonds. The molecule has 0 aliphatic carbocycles. The van der Waals surface area contributed by atoms with Crippen LogP contribution in [0.5, 0.6) is 0 Å². The van der Waals surface area contributed by atoms with Gasteiger partial charge in [0.05, 0.1) is 11.5 Å². The van der Waals surface area contributed by atoms with Crippen molar-refractivity contribution in [3.8, 4) is 11.3 Å². The second-order valence-corrected chi connectivity index (χ2v) is 4.31. The zero-order valence-corrected chi connectivity index (χ0v) is 11.1. The van der Waals surface area contributed by atoms with Crippen molar-refractivity contribution in [1.29, 1.82) is 0 Å². The van der Waals surface area contributed by atoms with Crippen LogP contribution in [0.1, 0.15) is 0 Å². The number of nitrogens with zero attached hydrogens (tertiary/aromatic N) is 3. The van der Waals surface area contributed by atoms with Crippen molar-refractivity contribution in [2.45, 2.75) is 0 Å². The third kappa shape index (κ3) is 2.92. The number of hydrogen-bond donors (Lipinski definition) is 1. The number of aliphatic hydroxyl groups is 1. The van der Waals surface area contributed by atoms with Gasteiger partial charge in [0.15, 0.2) is 5.69 Å². The van der Waals surface area contributed by atoms with Gasteiger partial charge in [0.1, 0.15) is 5.82 Å². The molecule has 1 N–H and O–H groups in total. The van der Waals surface area contributed by atoms with Crippen molar-refractivity contribution in [3.63, 3.8) is 0 Å². The lowest BCUT2D eigenvalue weighted by Crippen LogP contribution is -2.22. The van der Waals surface area contributed by atoms with Crippen molar-refractivity contribution < 1.29 is 10.0 Å². The molecule has 0 aliphatic heterocycles. The number of pyridine rings is 1. The van der Waals surface area contributed by atoms with Gasteiger partial charge in [-0.15, -0.1) is 0 Å². The highest BCUT2D eigenvalue weighted by molar-refractivity contribution is 5.71. The molecule has 2 rings (SSSR count). The quantitative estimate of drug-likeness (QED) is 0.666. The molecule has 6 heteroatoms. The lowest BCUT2D eigenvalue weighted by molar-refractivity contribution is -0.384. The van der Waals surface area contributed by atoms with E-state index in [9.17, 15) is 10.1 Å². The molecule has 2 aromatic rings. The maximum Gasteiger partial charge on any atom is 0.295 e. The standard InChI is InChI=1S/C14H15N3O3/c1-16(9-10-18)13-8-7-12(17(19)20)14(15-13)11-5-3-2-4-6-11/h2-8,18H,9-10H2,1H3. The molecule has 1 heterocycles. The van der Waals surface area contributed by atoms with Crippen molar-refractivity contribution in [3.05, 3.63) is 52.6 Å². The van der Waals surface area contributed by atoms with Crippen molar-refractivity contribution in [2.24, 2.45) is 0 Å². The van der Waals surface area contributed by atoms with Gasteiger partial charge in [-0.05, 0) is 6.07 Å². The molecule has 0 spiro atoms. The van der Waals surface area contributed by atoms with Crippen LogP contribution in [0.25, 0.3) is 11.3 Å². The third-order valence-electron chi connectivity index (χ3n) is 2.93. The van der Waals surface area contributed by atoms with E-state index in [4.69, 9.17) is 5.11 Å².